The molecule has 0 saturated heterocycles. The lowest BCUT2D eigenvalue weighted by Crippen LogP contribution is -2.43. The Hall–Kier alpha value is -0.810. The number of halogens is 4. The van der Waals surface area contributed by atoms with Crippen molar-refractivity contribution in [3.05, 3.63) is 28.5 Å². The highest BCUT2D eigenvalue weighted by Gasteiger charge is 2.53. The molecular weight excluding hydrogens is 265 g/mol. The summed E-state index contributed by atoms with van der Waals surface area (Å²) in [5.41, 5.74) is 4.57. The van der Waals surface area contributed by atoms with E-state index in [9.17, 15) is 13.2 Å². The van der Waals surface area contributed by atoms with Crippen LogP contribution in [0.1, 0.15) is 37.8 Å². The van der Waals surface area contributed by atoms with Crippen molar-refractivity contribution in [3.8, 4) is 0 Å². The molecule has 6 heteroatoms. The van der Waals surface area contributed by atoms with E-state index in [-0.39, 0.29) is 5.15 Å². The molecule has 0 amide bonds. The first-order valence-corrected chi connectivity index (χ1v) is 5.98. The van der Waals surface area contributed by atoms with Gasteiger partial charge in [-0.25, -0.2) is 4.98 Å². The van der Waals surface area contributed by atoms with Crippen LogP contribution in [0.4, 0.5) is 13.2 Å². The summed E-state index contributed by atoms with van der Waals surface area (Å²) in [5, 5.41) is 0.0877. The van der Waals surface area contributed by atoms with Crippen LogP contribution >= 0.6 is 11.6 Å². The Morgan fingerprint density at radius 1 is 1.33 bits per heavy atom. The van der Waals surface area contributed by atoms with Gasteiger partial charge in [0, 0.05) is 17.2 Å². The number of hydrogen-bond donors (Lipinski definition) is 1. The molecule has 2 N–H and O–H groups in total. The summed E-state index contributed by atoms with van der Waals surface area (Å²) < 4.78 is 38.1. The van der Waals surface area contributed by atoms with Crippen LogP contribution in [0.25, 0.3) is 0 Å². The van der Waals surface area contributed by atoms with Crippen LogP contribution in [0, 0.1) is 0 Å². The first-order chi connectivity index (χ1) is 8.08. The lowest BCUT2D eigenvalue weighted by Gasteiger charge is -2.33. The largest absolute Gasteiger partial charge is 0.417 e. The molecule has 2 rings (SSSR count). The van der Waals surface area contributed by atoms with E-state index < -0.39 is 22.7 Å². The van der Waals surface area contributed by atoms with E-state index in [1.165, 1.54) is 0 Å². The second-order valence-corrected chi connectivity index (χ2v) is 5.70. The standard InChI is InChI=1S/C12H14ClF3N2/c1-10(2,11(17)3-4-11)8-5-7(12(14,15)16)6-18-9(8)13/h5-6H,3-4,17H2,1-2H3. The van der Waals surface area contributed by atoms with Crippen molar-refractivity contribution in [2.24, 2.45) is 5.73 Å². The van der Waals surface area contributed by atoms with Crippen molar-refractivity contribution in [1.29, 1.82) is 0 Å². The van der Waals surface area contributed by atoms with E-state index in [1.807, 2.05) is 13.8 Å². The van der Waals surface area contributed by atoms with E-state index in [1.54, 1.807) is 0 Å². The minimum absolute atomic E-state index is 0.0877. The van der Waals surface area contributed by atoms with Crippen LogP contribution in [0.15, 0.2) is 12.3 Å². The van der Waals surface area contributed by atoms with Gasteiger partial charge in [-0.1, -0.05) is 25.4 Å². The van der Waals surface area contributed by atoms with E-state index in [4.69, 9.17) is 17.3 Å². The van der Waals surface area contributed by atoms with Gasteiger partial charge in [-0.2, -0.15) is 13.2 Å². The number of rotatable bonds is 2. The zero-order valence-electron chi connectivity index (χ0n) is 10.1. The lowest BCUT2D eigenvalue weighted by molar-refractivity contribution is -0.137. The summed E-state index contributed by atoms with van der Waals surface area (Å²) in [6, 6.07) is 1.06. The molecule has 1 heterocycles. The third kappa shape index (κ3) is 2.10. The molecule has 100 valence electrons. The van der Waals surface area contributed by atoms with Crippen LogP contribution in [-0.2, 0) is 11.6 Å². The topological polar surface area (TPSA) is 38.9 Å². The summed E-state index contributed by atoms with van der Waals surface area (Å²) in [5.74, 6) is 0. The second kappa shape index (κ2) is 3.84. The molecular formula is C12H14ClF3N2. The Morgan fingerprint density at radius 2 is 1.89 bits per heavy atom. The molecule has 1 aliphatic carbocycles. The molecule has 0 spiro atoms. The smallest absolute Gasteiger partial charge is 0.324 e. The quantitative estimate of drug-likeness (QED) is 0.841. The number of alkyl halides is 3. The molecule has 0 radical (unpaired) electrons. The Morgan fingerprint density at radius 3 is 2.33 bits per heavy atom. The van der Waals surface area contributed by atoms with Gasteiger partial charge >= 0.3 is 6.18 Å². The second-order valence-electron chi connectivity index (χ2n) is 5.34. The highest BCUT2D eigenvalue weighted by Crippen LogP contribution is 2.50. The van der Waals surface area contributed by atoms with Gasteiger partial charge in [0.05, 0.1) is 5.56 Å². The number of nitrogens with zero attached hydrogens (tertiary/aromatic N) is 1. The highest BCUT2D eigenvalue weighted by atomic mass is 35.5. The number of nitrogens with two attached hydrogens (primary N) is 1. The van der Waals surface area contributed by atoms with Gasteiger partial charge in [-0.05, 0) is 24.5 Å². The van der Waals surface area contributed by atoms with Gasteiger partial charge in [0.15, 0.2) is 0 Å². The van der Waals surface area contributed by atoms with Crippen molar-refractivity contribution >= 4 is 11.6 Å². The predicted octanol–water partition coefficient (Wildman–Crippen LogP) is 3.52. The molecule has 2 nitrogen and oxygen atoms in total. The maximum atomic E-state index is 12.7. The normalized spacial score (nSPS) is 18.8. The van der Waals surface area contributed by atoms with E-state index >= 15 is 0 Å². The van der Waals surface area contributed by atoms with Gasteiger partial charge in [0.2, 0.25) is 0 Å². The lowest BCUT2D eigenvalue weighted by atomic mass is 9.76. The molecule has 0 unspecified atom stereocenters. The first kappa shape index (κ1) is 13.6. The molecule has 1 aromatic rings. The summed E-state index contributed by atoms with van der Waals surface area (Å²) in [4.78, 5) is 3.64. The molecule has 0 aliphatic heterocycles. The van der Waals surface area contributed by atoms with Crippen LogP contribution in [0.3, 0.4) is 0 Å². The molecule has 1 fully saturated rings. The van der Waals surface area contributed by atoms with Crippen LogP contribution in [0.2, 0.25) is 5.15 Å². The van der Waals surface area contributed by atoms with Gasteiger partial charge in [-0.15, -0.1) is 0 Å². The van der Waals surface area contributed by atoms with Crippen molar-refractivity contribution in [3.63, 3.8) is 0 Å². The first-order valence-electron chi connectivity index (χ1n) is 5.60. The molecule has 1 aromatic heterocycles. The van der Waals surface area contributed by atoms with E-state index in [0.29, 0.717) is 5.56 Å². The van der Waals surface area contributed by atoms with Crippen LogP contribution < -0.4 is 5.73 Å². The van der Waals surface area contributed by atoms with Gasteiger partial charge in [0.25, 0.3) is 0 Å². The van der Waals surface area contributed by atoms with Gasteiger partial charge in [-0.3, -0.25) is 0 Å². The third-order valence-corrected chi connectivity index (χ3v) is 4.17. The maximum absolute atomic E-state index is 12.7. The fourth-order valence-corrected chi connectivity index (χ4v) is 2.41. The fourth-order valence-electron chi connectivity index (χ4n) is 2.07. The fraction of sp³-hybridized carbons (Fsp3) is 0.583. The molecule has 1 aliphatic rings. The average Bonchev–Trinajstić information content (AvgIpc) is 2.96. The van der Waals surface area contributed by atoms with Crippen molar-refractivity contribution in [2.45, 2.75) is 43.8 Å². The summed E-state index contributed by atoms with van der Waals surface area (Å²) in [6.07, 6.45) is -2.11. The van der Waals surface area contributed by atoms with Crippen LogP contribution in [0.5, 0.6) is 0 Å². The SMILES string of the molecule is CC(C)(c1cc(C(F)(F)F)cnc1Cl)C1(N)CC1. The number of pyridine rings is 1. The zero-order valence-corrected chi connectivity index (χ0v) is 10.9. The Bertz CT molecular complexity index is 479. The van der Waals surface area contributed by atoms with Crippen molar-refractivity contribution in [2.75, 3.05) is 0 Å². The van der Waals surface area contributed by atoms with Crippen molar-refractivity contribution < 1.29 is 13.2 Å². The predicted molar refractivity (Wildman–Crippen MR) is 63.4 cm³/mol. The number of aromatic nitrogens is 1. The average molecular weight is 279 g/mol. The van der Waals surface area contributed by atoms with Gasteiger partial charge < -0.3 is 5.73 Å². The minimum atomic E-state index is -4.42. The Labute approximate surface area is 108 Å². The summed E-state index contributed by atoms with van der Waals surface area (Å²) in [7, 11) is 0. The Kier molecular flexibility index (Phi) is 2.91. The zero-order chi connectivity index (χ0) is 13.8. The third-order valence-electron chi connectivity index (χ3n) is 3.87. The number of hydrogen-bond acceptors (Lipinski definition) is 2. The molecule has 1 saturated carbocycles. The minimum Gasteiger partial charge on any atom is -0.324 e. The van der Waals surface area contributed by atoms with Gasteiger partial charge in [0.1, 0.15) is 5.15 Å². The van der Waals surface area contributed by atoms with E-state index in [0.717, 1.165) is 25.1 Å². The summed E-state index contributed by atoms with van der Waals surface area (Å²) in [6.45, 7) is 3.62. The molecule has 18 heavy (non-hydrogen) atoms. The molecule has 0 bridgehead atoms. The molecule has 0 aromatic carbocycles. The maximum Gasteiger partial charge on any atom is 0.417 e. The molecule has 0 atom stereocenters. The highest BCUT2D eigenvalue weighted by molar-refractivity contribution is 6.30. The van der Waals surface area contributed by atoms with Crippen LogP contribution in [-0.4, -0.2) is 10.5 Å². The summed E-state index contributed by atoms with van der Waals surface area (Å²) >= 11 is 5.93. The van der Waals surface area contributed by atoms with E-state index in [2.05, 4.69) is 4.98 Å². The monoisotopic (exact) mass is 278 g/mol. The Balaban J connectivity index is 2.51. The van der Waals surface area contributed by atoms with Crippen molar-refractivity contribution in [1.82, 2.24) is 4.98 Å².